The molecule has 0 aliphatic heterocycles. The van der Waals surface area contributed by atoms with Gasteiger partial charge >= 0.3 is 0 Å². The third-order valence-electron chi connectivity index (χ3n) is 3.32. The lowest BCUT2D eigenvalue weighted by Gasteiger charge is -2.09. The summed E-state index contributed by atoms with van der Waals surface area (Å²) in [6, 6.07) is 13.4. The molecule has 0 aliphatic rings. The van der Waals surface area contributed by atoms with E-state index in [0.717, 1.165) is 0 Å². The van der Waals surface area contributed by atoms with Gasteiger partial charge in [-0.1, -0.05) is 30.3 Å². The molecule has 0 saturated heterocycles. The average Bonchev–Trinajstić information content (AvgIpc) is 2.55. The number of para-hydroxylation sites is 1. The monoisotopic (exact) mass is 310 g/mol. The standard InChI is InChI=1S/C17H11ClN2O2/c1-11(16(21)12-6-8-13(18)9-7-12)20-10-19-15-5-3-2-4-14(15)17(20)22/h2-10H,1H2. The van der Waals surface area contributed by atoms with E-state index in [9.17, 15) is 9.59 Å². The molecule has 4 nitrogen and oxygen atoms in total. The average molecular weight is 311 g/mol. The molecule has 0 aliphatic carbocycles. The summed E-state index contributed by atoms with van der Waals surface area (Å²) in [5.41, 5.74) is 0.716. The lowest BCUT2D eigenvalue weighted by Crippen LogP contribution is -2.23. The third kappa shape index (κ3) is 2.44. The van der Waals surface area contributed by atoms with Crippen molar-refractivity contribution in [3.05, 3.63) is 82.4 Å². The fourth-order valence-electron chi connectivity index (χ4n) is 2.14. The number of benzene rings is 2. The first-order valence-corrected chi connectivity index (χ1v) is 6.91. The summed E-state index contributed by atoms with van der Waals surface area (Å²) in [5.74, 6) is -0.351. The van der Waals surface area contributed by atoms with Crippen LogP contribution in [-0.2, 0) is 0 Å². The normalized spacial score (nSPS) is 10.6. The van der Waals surface area contributed by atoms with Crippen LogP contribution in [0, 0.1) is 0 Å². The SMILES string of the molecule is C=C(C(=O)c1ccc(Cl)cc1)n1cnc2ccccc2c1=O. The van der Waals surface area contributed by atoms with Crippen molar-refractivity contribution in [2.45, 2.75) is 0 Å². The summed E-state index contributed by atoms with van der Waals surface area (Å²) in [7, 11) is 0. The predicted octanol–water partition coefficient (Wildman–Crippen LogP) is 3.40. The van der Waals surface area contributed by atoms with Gasteiger partial charge in [0.1, 0.15) is 6.33 Å². The Kier molecular flexibility index (Phi) is 3.61. The zero-order valence-electron chi connectivity index (χ0n) is 11.5. The lowest BCUT2D eigenvalue weighted by molar-refractivity contribution is 0.105. The second kappa shape index (κ2) is 5.58. The van der Waals surface area contributed by atoms with Crippen LogP contribution in [-0.4, -0.2) is 15.3 Å². The Labute approximate surface area is 131 Å². The minimum atomic E-state index is -0.351. The number of rotatable bonds is 3. The van der Waals surface area contributed by atoms with Crippen LogP contribution >= 0.6 is 11.6 Å². The quantitative estimate of drug-likeness (QED) is 0.550. The lowest BCUT2D eigenvalue weighted by atomic mass is 10.1. The molecular weight excluding hydrogens is 300 g/mol. The van der Waals surface area contributed by atoms with E-state index in [1.165, 1.54) is 10.9 Å². The van der Waals surface area contributed by atoms with Gasteiger partial charge in [0.15, 0.2) is 0 Å². The van der Waals surface area contributed by atoms with Gasteiger partial charge in [0.25, 0.3) is 5.56 Å². The summed E-state index contributed by atoms with van der Waals surface area (Å²) in [6.07, 6.45) is 1.32. The molecule has 0 saturated carbocycles. The van der Waals surface area contributed by atoms with Crippen LogP contribution in [0.3, 0.4) is 0 Å². The molecule has 108 valence electrons. The van der Waals surface area contributed by atoms with E-state index in [0.29, 0.717) is 21.5 Å². The van der Waals surface area contributed by atoms with Gasteiger partial charge in [0, 0.05) is 10.6 Å². The molecule has 0 unspecified atom stereocenters. The second-order valence-corrected chi connectivity index (χ2v) is 5.16. The zero-order chi connectivity index (χ0) is 15.7. The molecule has 1 heterocycles. The Morgan fingerprint density at radius 3 is 2.50 bits per heavy atom. The molecule has 0 atom stereocenters. The van der Waals surface area contributed by atoms with Crippen molar-refractivity contribution in [3.63, 3.8) is 0 Å². The number of hydrogen-bond donors (Lipinski definition) is 0. The molecular formula is C17H11ClN2O2. The fraction of sp³-hybridized carbons (Fsp3) is 0. The molecule has 0 N–H and O–H groups in total. The Bertz CT molecular complexity index is 943. The minimum Gasteiger partial charge on any atom is -0.287 e. The maximum Gasteiger partial charge on any atom is 0.265 e. The molecule has 22 heavy (non-hydrogen) atoms. The topological polar surface area (TPSA) is 52.0 Å². The van der Waals surface area contributed by atoms with Crippen LogP contribution in [0.1, 0.15) is 10.4 Å². The largest absolute Gasteiger partial charge is 0.287 e. The van der Waals surface area contributed by atoms with Crippen molar-refractivity contribution in [2.24, 2.45) is 0 Å². The number of carbonyl (C=O) groups is 1. The van der Waals surface area contributed by atoms with Gasteiger partial charge < -0.3 is 0 Å². The van der Waals surface area contributed by atoms with E-state index in [1.807, 2.05) is 0 Å². The molecule has 3 rings (SSSR count). The van der Waals surface area contributed by atoms with E-state index in [1.54, 1.807) is 48.5 Å². The van der Waals surface area contributed by atoms with Crippen molar-refractivity contribution in [2.75, 3.05) is 0 Å². The van der Waals surface area contributed by atoms with Crippen LogP contribution in [0.5, 0.6) is 0 Å². The highest BCUT2D eigenvalue weighted by Gasteiger charge is 2.14. The smallest absolute Gasteiger partial charge is 0.265 e. The Balaban J connectivity index is 2.05. The van der Waals surface area contributed by atoms with Crippen LogP contribution in [0.4, 0.5) is 0 Å². The molecule has 0 bridgehead atoms. The minimum absolute atomic E-state index is 0.0468. The van der Waals surface area contributed by atoms with Crippen LogP contribution in [0.25, 0.3) is 16.6 Å². The fourth-order valence-corrected chi connectivity index (χ4v) is 2.26. The summed E-state index contributed by atoms with van der Waals surface area (Å²) < 4.78 is 1.17. The molecule has 0 amide bonds. The third-order valence-corrected chi connectivity index (χ3v) is 3.58. The summed E-state index contributed by atoms with van der Waals surface area (Å²) >= 11 is 5.80. The van der Waals surface area contributed by atoms with Crippen molar-refractivity contribution >= 4 is 34.0 Å². The van der Waals surface area contributed by atoms with E-state index in [-0.39, 0.29) is 17.0 Å². The molecule has 0 radical (unpaired) electrons. The van der Waals surface area contributed by atoms with Crippen LogP contribution in [0.15, 0.2) is 66.2 Å². The van der Waals surface area contributed by atoms with E-state index in [2.05, 4.69) is 11.6 Å². The maximum atomic E-state index is 12.4. The van der Waals surface area contributed by atoms with Crippen molar-refractivity contribution < 1.29 is 4.79 Å². The van der Waals surface area contributed by atoms with Gasteiger partial charge in [-0.25, -0.2) is 4.98 Å². The zero-order valence-corrected chi connectivity index (χ0v) is 12.2. The number of hydrogen-bond acceptors (Lipinski definition) is 3. The number of carbonyl (C=O) groups excluding carboxylic acids is 1. The highest BCUT2D eigenvalue weighted by molar-refractivity contribution is 6.31. The molecule has 0 spiro atoms. The van der Waals surface area contributed by atoms with E-state index < -0.39 is 0 Å². The summed E-state index contributed by atoms with van der Waals surface area (Å²) in [5, 5.41) is 0.974. The first kappa shape index (κ1) is 14.2. The summed E-state index contributed by atoms with van der Waals surface area (Å²) in [4.78, 5) is 29.0. The predicted molar refractivity (Wildman–Crippen MR) is 87.1 cm³/mol. The molecule has 1 aromatic heterocycles. The first-order chi connectivity index (χ1) is 10.6. The Morgan fingerprint density at radius 1 is 1.09 bits per heavy atom. The van der Waals surface area contributed by atoms with E-state index >= 15 is 0 Å². The van der Waals surface area contributed by atoms with E-state index in [4.69, 9.17) is 11.6 Å². The van der Waals surface area contributed by atoms with Crippen molar-refractivity contribution in [1.29, 1.82) is 0 Å². The number of ketones is 1. The van der Waals surface area contributed by atoms with Crippen molar-refractivity contribution in [1.82, 2.24) is 9.55 Å². The van der Waals surface area contributed by atoms with Gasteiger partial charge in [-0.3, -0.25) is 14.2 Å². The number of fused-ring (bicyclic) bond motifs is 1. The number of allylic oxidation sites excluding steroid dienone is 1. The van der Waals surface area contributed by atoms with Gasteiger partial charge in [0.05, 0.1) is 16.6 Å². The van der Waals surface area contributed by atoms with Gasteiger partial charge in [-0.05, 0) is 36.4 Å². The molecule has 3 aromatic rings. The number of halogens is 1. The van der Waals surface area contributed by atoms with Crippen LogP contribution < -0.4 is 5.56 Å². The van der Waals surface area contributed by atoms with Crippen molar-refractivity contribution in [3.8, 4) is 0 Å². The highest BCUT2D eigenvalue weighted by atomic mass is 35.5. The van der Waals surface area contributed by atoms with Crippen LogP contribution in [0.2, 0.25) is 5.02 Å². The Morgan fingerprint density at radius 2 is 1.77 bits per heavy atom. The highest BCUT2D eigenvalue weighted by Crippen LogP contribution is 2.15. The number of nitrogens with zero attached hydrogens (tertiary/aromatic N) is 2. The Hall–Kier alpha value is -2.72. The van der Waals surface area contributed by atoms with Gasteiger partial charge in [-0.2, -0.15) is 0 Å². The maximum absolute atomic E-state index is 12.4. The molecule has 2 aromatic carbocycles. The summed E-state index contributed by atoms with van der Waals surface area (Å²) in [6.45, 7) is 3.73. The number of Topliss-reactive ketones (excluding diaryl/α,β-unsaturated/α-hetero) is 1. The first-order valence-electron chi connectivity index (χ1n) is 6.54. The molecule has 5 heteroatoms. The molecule has 0 fully saturated rings. The van der Waals surface area contributed by atoms with Gasteiger partial charge in [0.2, 0.25) is 5.78 Å². The van der Waals surface area contributed by atoms with Gasteiger partial charge in [-0.15, -0.1) is 0 Å². The number of aromatic nitrogens is 2. The second-order valence-electron chi connectivity index (χ2n) is 4.72.